The summed E-state index contributed by atoms with van der Waals surface area (Å²) in [5.74, 6) is 0. The molecule has 16 heavy (non-hydrogen) atoms. The first-order valence-corrected chi connectivity index (χ1v) is 6.40. The number of sulfonamides is 1. The fourth-order valence-corrected chi connectivity index (χ4v) is 2.79. The van der Waals surface area contributed by atoms with Gasteiger partial charge in [-0.2, -0.15) is 4.31 Å². The third kappa shape index (κ3) is 2.22. The molecule has 0 saturated carbocycles. The minimum Gasteiger partial charge on any atom is -0.395 e. The third-order valence-corrected chi connectivity index (χ3v) is 4.81. The lowest BCUT2D eigenvalue weighted by atomic mass is 10.4. The van der Waals surface area contributed by atoms with E-state index < -0.39 is 16.1 Å². The first-order chi connectivity index (χ1) is 7.32. The van der Waals surface area contributed by atoms with E-state index >= 15 is 0 Å². The third-order valence-electron chi connectivity index (χ3n) is 2.34. The van der Waals surface area contributed by atoms with Crippen molar-refractivity contribution in [2.75, 3.05) is 13.7 Å². The van der Waals surface area contributed by atoms with Crippen LogP contribution in [-0.2, 0) is 17.1 Å². The largest absolute Gasteiger partial charge is 0.395 e. The predicted octanol–water partition coefficient (Wildman–Crippen LogP) is 0.0748. The maximum absolute atomic E-state index is 12.0. The van der Waals surface area contributed by atoms with Crippen molar-refractivity contribution >= 4 is 21.6 Å². The van der Waals surface area contributed by atoms with Gasteiger partial charge in [-0.05, 0) is 6.92 Å². The van der Waals surface area contributed by atoms with Crippen LogP contribution in [0.2, 0.25) is 5.15 Å². The van der Waals surface area contributed by atoms with Crippen LogP contribution in [0.4, 0.5) is 0 Å². The van der Waals surface area contributed by atoms with Gasteiger partial charge >= 0.3 is 0 Å². The van der Waals surface area contributed by atoms with E-state index in [4.69, 9.17) is 16.7 Å². The number of halogens is 1. The summed E-state index contributed by atoms with van der Waals surface area (Å²) in [6.07, 6.45) is 1.33. The van der Waals surface area contributed by atoms with E-state index in [2.05, 4.69) is 4.98 Å². The highest BCUT2D eigenvalue weighted by Gasteiger charge is 2.29. The monoisotopic (exact) mass is 267 g/mol. The molecular weight excluding hydrogens is 254 g/mol. The lowest BCUT2D eigenvalue weighted by molar-refractivity contribution is 0.213. The van der Waals surface area contributed by atoms with Crippen LogP contribution in [-0.4, -0.2) is 47.1 Å². The smallest absolute Gasteiger partial charge is 0.263 e. The van der Waals surface area contributed by atoms with Gasteiger partial charge in [0.1, 0.15) is 5.15 Å². The van der Waals surface area contributed by atoms with Gasteiger partial charge in [-0.3, -0.25) is 0 Å². The molecule has 0 aliphatic rings. The second-order valence-corrected chi connectivity index (χ2v) is 5.78. The summed E-state index contributed by atoms with van der Waals surface area (Å²) in [4.78, 5) is 3.74. The number of nitrogens with zero attached hydrogens (tertiary/aromatic N) is 3. The van der Waals surface area contributed by atoms with Crippen molar-refractivity contribution in [3.05, 3.63) is 11.5 Å². The molecule has 1 heterocycles. The lowest BCUT2D eigenvalue weighted by Crippen LogP contribution is -2.37. The van der Waals surface area contributed by atoms with Crippen LogP contribution >= 0.6 is 11.6 Å². The van der Waals surface area contributed by atoms with Crippen molar-refractivity contribution in [3.8, 4) is 0 Å². The maximum Gasteiger partial charge on any atom is 0.263 e. The van der Waals surface area contributed by atoms with Gasteiger partial charge in [0.15, 0.2) is 0 Å². The van der Waals surface area contributed by atoms with Crippen LogP contribution in [0, 0.1) is 0 Å². The van der Waals surface area contributed by atoms with Gasteiger partial charge in [-0.1, -0.05) is 11.6 Å². The molecular formula is C8H14ClN3O3S. The van der Waals surface area contributed by atoms with Crippen LogP contribution in [0.1, 0.15) is 6.92 Å². The quantitative estimate of drug-likeness (QED) is 0.838. The van der Waals surface area contributed by atoms with Gasteiger partial charge in [0.2, 0.25) is 5.03 Å². The Morgan fingerprint density at radius 1 is 1.69 bits per heavy atom. The summed E-state index contributed by atoms with van der Waals surface area (Å²) in [6.45, 7) is 1.33. The molecule has 0 fully saturated rings. The molecule has 1 atom stereocenters. The molecule has 0 aliphatic carbocycles. The number of likely N-dealkylation sites (N-methyl/N-ethyl adjacent to an activating group) is 1. The molecule has 0 bridgehead atoms. The van der Waals surface area contributed by atoms with E-state index in [1.165, 1.54) is 17.9 Å². The fourth-order valence-electron chi connectivity index (χ4n) is 1.06. The van der Waals surface area contributed by atoms with E-state index in [1.54, 1.807) is 14.0 Å². The van der Waals surface area contributed by atoms with Crippen LogP contribution in [0.15, 0.2) is 11.4 Å². The maximum atomic E-state index is 12.0. The Balaban J connectivity index is 3.17. The van der Waals surface area contributed by atoms with Gasteiger partial charge in [-0.15, -0.1) is 0 Å². The Labute approximate surface area is 99.5 Å². The molecule has 1 aromatic heterocycles. The molecule has 6 nitrogen and oxygen atoms in total. The van der Waals surface area contributed by atoms with Crippen LogP contribution in [0.5, 0.6) is 0 Å². The second-order valence-electron chi connectivity index (χ2n) is 3.50. The number of rotatable bonds is 4. The van der Waals surface area contributed by atoms with E-state index in [0.717, 1.165) is 4.31 Å². The number of imidazole rings is 1. The van der Waals surface area contributed by atoms with Crippen molar-refractivity contribution in [2.24, 2.45) is 7.05 Å². The summed E-state index contributed by atoms with van der Waals surface area (Å²) in [5.41, 5.74) is 0. The Hall–Kier alpha value is -0.630. The van der Waals surface area contributed by atoms with Crippen LogP contribution < -0.4 is 0 Å². The first kappa shape index (κ1) is 13.4. The van der Waals surface area contributed by atoms with Gasteiger partial charge in [0.05, 0.1) is 12.9 Å². The zero-order valence-corrected chi connectivity index (χ0v) is 10.8. The highest BCUT2D eigenvalue weighted by atomic mass is 35.5. The Morgan fingerprint density at radius 3 is 2.62 bits per heavy atom. The molecule has 1 unspecified atom stereocenters. The van der Waals surface area contributed by atoms with Crippen molar-refractivity contribution < 1.29 is 13.5 Å². The molecule has 1 aromatic rings. The van der Waals surface area contributed by atoms with Gasteiger partial charge < -0.3 is 9.67 Å². The minimum absolute atomic E-state index is 0.0528. The Bertz CT molecular complexity index is 471. The molecule has 0 aliphatic heterocycles. The number of hydrogen-bond acceptors (Lipinski definition) is 4. The summed E-state index contributed by atoms with van der Waals surface area (Å²) in [7, 11) is -0.773. The molecule has 8 heteroatoms. The summed E-state index contributed by atoms with van der Waals surface area (Å²) in [6, 6.07) is -0.525. The Morgan fingerprint density at radius 2 is 2.25 bits per heavy atom. The van der Waals surface area contributed by atoms with Gasteiger partial charge in [0.25, 0.3) is 10.0 Å². The molecule has 0 amide bonds. The summed E-state index contributed by atoms with van der Waals surface area (Å²) >= 11 is 5.82. The molecule has 92 valence electrons. The van der Waals surface area contributed by atoms with E-state index in [9.17, 15) is 8.42 Å². The van der Waals surface area contributed by atoms with Crippen LogP contribution in [0.25, 0.3) is 0 Å². The molecule has 1 rings (SSSR count). The first-order valence-electron chi connectivity index (χ1n) is 4.58. The number of aryl methyl sites for hydroxylation is 1. The number of hydrogen-bond donors (Lipinski definition) is 1. The average molecular weight is 268 g/mol. The van der Waals surface area contributed by atoms with E-state index in [1.807, 2.05) is 0 Å². The predicted molar refractivity (Wildman–Crippen MR) is 59.7 cm³/mol. The van der Waals surface area contributed by atoms with Crippen molar-refractivity contribution in [1.82, 2.24) is 13.9 Å². The Kier molecular flexibility index (Phi) is 3.95. The SMILES string of the molecule is CC(CO)N(C)S(=O)(=O)c1ncn(C)c1Cl. The summed E-state index contributed by atoms with van der Waals surface area (Å²) in [5, 5.41) is 8.78. The van der Waals surface area contributed by atoms with Gasteiger partial charge in [-0.25, -0.2) is 13.4 Å². The van der Waals surface area contributed by atoms with Crippen molar-refractivity contribution in [3.63, 3.8) is 0 Å². The fraction of sp³-hybridized carbons (Fsp3) is 0.625. The lowest BCUT2D eigenvalue weighted by Gasteiger charge is -2.21. The number of aromatic nitrogens is 2. The van der Waals surface area contributed by atoms with E-state index in [-0.39, 0.29) is 16.8 Å². The van der Waals surface area contributed by atoms with Gasteiger partial charge in [0, 0.05) is 20.1 Å². The van der Waals surface area contributed by atoms with Crippen molar-refractivity contribution in [1.29, 1.82) is 0 Å². The highest BCUT2D eigenvalue weighted by Crippen LogP contribution is 2.22. The average Bonchev–Trinajstić information content (AvgIpc) is 2.58. The molecule has 0 aromatic carbocycles. The van der Waals surface area contributed by atoms with Crippen LogP contribution in [0.3, 0.4) is 0 Å². The van der Waals surface area contributed by atoms with Crippen molar-refractivity contribution in [2.45, 2.75) is 18.0 Å². The molecule has 0 radical (unpaired) electrons. The standard InChI is InChI=1S/C8H14ClN3O3S/c1-6(4-13)12(3)16(14,15)8-7(9)11(2)5-10-8/h5-6,13H,4H2,1-3H3. The normalized spacial score (nSPS) is 14.4. The number of aliphatic hydroxyl groups excluding tert-OH is 1. The zero-order chi connectivity index (χ0) is 12.5. The molecule has 1 N–H and O–H groups in total. The molecule has 0 spiro atoms. The second kappa shape index (κ2) is 4.70. The highest BCUT2D eigenvalue weighted by molar-refractivity contribution is 7.89. The zero-order valence-electron chi connectivity index (χ0n) is 9.25. The topological polar surface area (TPSA) is 75.4 Å². The number of aliphatic hydroxyl groups is 1. The minimum atomic E-state index is -3.75. The summed E-state index contributed by atoms with van der Waals surface area (Å²) < 4.78 is 26.5. The van der Waals surface area contributed by atoms with E-state index in [0.29, 0.717) is 0 Å². The molecule has 0 saturated heterocycles.